The number of carbonyl (C=O) groups is 1. The molecule has 0 aliphatic heterocycles. The number of hydrogen-bond donors (Lipinski definition) is 3. The maximum Gasteiger partial charge on any atom is 0.355 e. The van der Waals surface area contributed by atoms with E-state index < -0.39 is 5.97 Å². The van der Waals surface area contributed by atoms with Gasteiger partial charge in [0.1, 0.15) is 5.69 Å². The monoisotopic (exact) mass is 464 g/mol. The Hall–Kier alpha value is -3.14. The Balaban J connectivity index is 2.16. The van der Waals surface area contributed by atoms with Crippen LogP contribution in [-0.2, 0) is 11.3 Å². The predicted molar refractivity (Wildman–Crippen MR) is 111 cm³/mol. The molecule has 10 heteroatoms. The Bertz CT molecular complexity index is 1000. The normalized spacial score (nSPS) is 10.5. The molecule has 0 aliphatic carbocycles. The number of aromatic amines is 2. The van der Waals surface area contributed by atoms with Crippen molar-refractivity contribution in [3.05, 3.63) is 40.4 Å². The highest BCUT2D eigenvalue weighted by Gasteiger charge is 2.26. The summed E-state index contributed by atoms with van der Waals surface area (Å²) in [6.45, 7) is 0.357. The molecule has 0 atom stereocenters. The highest BCUT2D eigenvalue weighted by molar-refractivity contribution is 9.10. The molecule has 0 aliphatic rings. The first-order valence-electron chi connectivity index (χ1n) is 8.56. The van der Waals surface area contributed by atoms with Crippen LogP contribution >= 0.6 is 15.9 Å². The summed E-state index contributed by atoms with van der Waals surface area (Å²) >= 11 is 3.53. The SMILES string of the molecule is COC(=O)c1[nH]c(CNc2ncc[nH]2)c(-c2ccc(OC)c(OC)c2OC)c1Br. The second kappa shape index (κ2) is 8.91. The largest absolute Gasteiger partial charge is 0.493 e. The smallest absolute Gasteiger partial charge is 0.355 e. The number of anilines is 1. The minimum atomic E-state index is -0.498. The van der Waals surface area contributed by atoms with Gasteiger partial charge in [-0.05, 0) is 28.1 Å². The topological polar surface area (TPSA) is 110 Å². The van der Waals surface area contributed by atoms with Crippen molar-refractivity contribution < 1.29 is 23.7 Å². The minimum Gasteiger partial charge on any atom is -0.493 e. The van der Waals surface area contributed by atoms with Crippen LogP contribution in [0.2, 0.25) is 0 Å². The van der Waals surface area contributed by atoms with Crippen LogP contribution in [0.1, 0.15) is 16.2 Å². The molecule has 0 spiro atoms. The van der Waals surface area contributed by atoms with E-state index in [2.05, 4.69) is 36.2 Å². The van der Waals surface area contributed by atoms with E-state index in [1.807, 2.05) is 6.07 Å². The number of imidazole rings is 1. The van der Waals surface area contributed by atoms with Crippen LogP contribution in [0.5, 0.6) is 17.2 Å². The molecule has 0 saturated carbocycles. The highest BCUT2D eigenvalue weighted by Crippen LogP contribution is 2.47. The molecular formula is C19H21BrN4O5. The zero-order valence-electron chi connectivity index (χ0n) is 16.4. The van der Waals surface area contributed by atoms with E-state index in [-0.39, 0.29) is 5.69 Å². The predicted octanol–water partition coefficient (Wildman–Crippen LogP) is 3.59. The molecule has 2 aromatic heterocycles. The number of halogens is 1. The van der Waals surface area contributed by atoms with Gasteiger partial charge in [-0.2, -0.15) is 0 Å². The molecule has 1 aromatic carbocycles. The number of carbonyl (C=O) groups excluding carboxylic acids is 1. The number of nitrogens with zero attached hydrogens (tertiary/aromatic N) is 1. The van der Waals surface area contributed by atoms with E-state index in [4.69, 9.17) is 18.9 Å². The van der Waals surface area contributed by atoms with Crippen LogP contribution in [0.15, 0.2) is 29.0 Å². The van der Waals surface area contributed by atoms with Crippen LogP contribution in [0.25, 0.3) is 11.1 Å². The second-order valence-electron chi connectivity index (χ2n) is 5.83. The molecule has 0 bridgehead atoms. The van der Waals surface area contributed by atoms with E-state index in [0.29, 0.717) is 39.8 Å². The Morgan fingerprint density at radius 3 is 2.48 bits per heavy atom. The molecule has 9 nitrogen and oxygen atoms in total. The Kier molecular flexibility index (Phi) is 6.32. The van der Waals surface area contributed by atoms with Crippen molar-refractivity contribution in [1.82, 2.24) is 15.0 Å². The average Bonchev–Trinajstić information content (AvgIpc) is 3.38. The lowest BCUT2D eigenvalue weighted by Gasteiger charge is -2.16. The molecule has 3 aromatic rings. The molecule has 0 unspecified atom stereocenters. The molecule has 0 fully saturated rings. The van der Waals surface area contributed by atoms with Crippen molar-refractivity contribution in [2.24, 2.45) is 0 Å². The molecule has 0 saturated heterocycles. The fourth-order valence-electron chi connectivity index (χ4n) is 3.01. The summed E-state index contributed by atoms with van der Waals surface area (Å²) in [4.78, 5) is 22.5. The zero-order chi connectivity index (χ0) is 21.0. The Morgan fingerprint density at radius 1 is 1.14 bits per heavy atom. The lowest BCUT2D eigenvalue weighted by Crippen LogP contribution is -2.05. The number of nitrogens with one attached hydrogen (secondary N) is 3. The van der Waals surface area contributed by atoms with Crippen molar-refractivity contribution in [2.45, 2.75) is 6.54 Å². The third kappa shape index (κ3) is 3.88. The molecule has 3 rings (SSSR count). The van der Waals surface area contributed by atoms with Crippen LogP contribution < -0.4 is 19.5 Å². The first kappa shape index (κ1) is 20.6. The van der Waals surface area contributed by atoms with E-state index in [0.717, 1.165) is 11.3 Å². The van der Waals surface area contributed by atoms with Crippen LogP contribution in [0.3, 0.4) is 0 Å². The quantitative estimate of drug-likeness (QED) is 0.436. The number of benzene rings is 1. The maximum atomic E-state index is 12.2. The highest BCUT2D eigenvalue weighted by atomic mass is 79.9. The van der Waals surface area contributed by atoms with E-state index in [1.165, 1.54) is 14.2 Å². The van der Waals surface area contributed by atoms with Gasteiger partial charge in [0.15, 0.2) is 17.4 Å². The van der Waals surface area contributed by atoms with Gasteiger partial charge in [0, 0.05) is 29.2 Å². The molecule has 3 N–H and O–H groups in total. The number of methoxy groups -OCH3 is 4. The summed E-state index contributed by atoms with van der Waals surface area (Å²) in [7, 11) is 5.96. The van der Waals surface area contributed by atoms with Gasteiger partial charge in [0.05, 0.1) is 39.5 Å². The summed E-state index contributed by atoms with van der Waals surface area (Å²) in [6, 6.07) is 3.61. The van der Waals surface area contributed by atoms with Crippen LogP contribution in [0, 0.1) is 0 Å². The van der Waals surface area contributed by atoms with Crippen molar-refractivity contribution >= 4 is 27.8 Å². The van der Waals surface area contributed by atoms with Gasteiger partial charge in [-0.25, -0.2) is 9.78 Å². The summed E-state index contributed by atoms with van der Waals surface area (Å²) in [5.41, 5.74) is 2.44. The lowest BCUT2D eigenvalue weighted by atomic mass is 10.0. The number of esters is 1. The summed E-state index contributed by atoms with van der Waals surface area (Å²) < 4.78 is 21.9. The molecule has 0 amide bonds. The van der Waals surface area contributed by atoms with Crippen LogP contribution in [0.4, 0.5) is 5.95 Å². The summed E-state index contributed by atoms with van der Waals surface area (Å²) in [6.07, 6.45) is 3.36. The molecular weight excluding hydrogens is 444 g/mol. The number of aromatic nitrogens is 3. The van der Waals surface area contributed by atoms with Crippen molar-refractivity contribution in [3.63, 3.8) is 0 Å². The molecule has 2 heterocycles. The maximum absolute atomic E-state index is 12.2. The van der Waals surface area contributed by atoms with E-state index in [9.17, 15) is 4.79 Å². The fraction of sp³-hybridized carbons (Fsp3) is 0.263. The van der Waals surface area contributed by atoms with Gasteiger partial charge in [0.2, 0.25) is 5.75 Å². The first-order chi connectivity index (χ1) is 14.0. The van der Waals surface area contributed by atoms with Gasteiger partial charge in [-0.15, -0.1) is 0 Å². The third-order valence-electron chi connectivity index (χ3n) is 4.31. The molecule has 154 valence electrons. The molecule has 0 radical (unpaired) electrons. The molecule has 29 heavy (non-hydrogen) atoms. The first-order valence-corrected chi connectivity index (χ1v) is 9.36. The van der Waals surface area contributed by atoms with E-state index in [1.54, 1.807) is 32.7 Å². The standard InChI is InChI=1S/C19H21BrN4O5/c1-26-12-6-5-10(16(27-2)17(12)28-3)13-11(9-23-19-21-7-8-22-19)24-15(14(13)20)18(25)29-4/h5-8,24H,9H2,1-4H3,(H2,21,22,23). The summed E-state index contributed by atoms with van der Waals surface area (Å²) in [5.74, 6) is 1.55. The Labute approximate surface area is 175 Å². The van der Waals surface area contributed by atoms with Crippen molar-refractivity contribution in [1.29, 1.82) is 0 Å². The minimum absolute atomic E-state index is 0.288. The number of ether oxygens (including phenoxy) is 4. The average molecular weight is 465 g/mol. The third-order valence-corrected chi connectivity index (χ3v) is 5.10. The Morgan fingerprint density at radius 2 is 1.90 bits per heavy atom. The fourth-order valence-corrected chi connectivity index (χ4v) is 3.73. The summed E-state index contributed by atoms with van der Waals surface area (Å²) in [5, 5.41) is 3.17. The van der Waals surface area contributed by atoms with Crippen molar-refractivity contribution in [3.8, 4) is 28.4 Å². The van der Waals surface area contributed by atoms with Gasteiger partial charge >= 0.3 is 5.97 Å². The van der Waals surface area contributed by atoms with Crippen molar-refractivity contribution in [2.75, 3.05) is 33.8 Å². The van der Waals surface area contributed by atoms with Gasteiger partial charge < -0.3 is 34.2 Å². The second-order valence-corrected chi connectivity index (χ2v) is 6.63. The van der Waals surface area contributed by atoms with Gasteiger partial charge in [-0.3, -0.25) is 0 Å². The lowest BCUT2D eigenvalue weighted by molar-refractivity contribution is 0.0593. The van der Waals surface area contributed by atoms with E-state index >= 15 is 0 Å². The number of hydrogen-bond acceptors (Lipinski definition) is 7. The van der Waals surface area contributed by atoms with Gasteiger partial charge in [-0.1, -0.05) is 0 Å². The number of H-pyrrole nitrogens is 2. The van der Waals surface area contributed by atoms with Crippen LogP contribution in [-0.4, -0.2) is 49.4 Å². The zero-order valence-corrected chi connectivity index (χ0v) is 18.0. The van der Waals surface area contributed by atoms with Gasteiger partial charge in [0.25, 0.3) is 0 Å². The number of rotatable bonds is 8.